The number of amides is 1. The van der Waals surface area contributed by atoms with E-state index in [2.05, 4.69) is 10.3 Å². The molecule has 1 heterocycles. The van der Waals surface area contributed by atoms with Crippen molar-refractivity contribution in [2.75, 3.05) is 5.32 Å². The Morgan fingerprint density at radius 3 is 2.42 bits per heavy atom. The summed E-state index contributed by atoms with van der Waals surface area (Å²) in [4.78, 5) is 15.7. The minimum absolute atomic E-state index is 0.0116. The molecule has 0 spiro atoms. The quantitative estimate of drug-likeness (QED) is 0.844. The Hall–Kier alpha value is -2.19. The highest BCUT2D eigenvalue weighted by Gasteiger charge is 2.12. The molecular formula is C11H12N4O3S. The largest absolute Gasteiger partial charge is 0.330 e. The Balaban J connectivity index is 2.17. The van der Waals surface area contributed by atoms with Crippen LogP contribution in [0.25, 0.3) is 0 Å². The third-order valence-electron chi connectivity index (χ3n) is 2.46. The fourth-order valence-electron chi connectivity index (χ4n) is 1.50. The fourth-order valence-corrected chi connectivity index (χ4v) is 2.01. The number of anilines is 1. The summed E-state index contributed by atoms with van der Waals surface area (Å²) < 4.78 is 23.7. The van der Waals surface area contributed by atoms with Crippen LogP contribution in [0.1, 0.15) is 10.6 Å². The molecule has 1 amide bonds. The van der Waals surface area contributed by atoms with Gasteiger partial charge >= 0.3 is 0 Å². The second-order valence-electron chi connectivity index (χ2n) is 3.89. The average molecular weight is 280 g/mol. The number of nitrogens with two attached hydrogens (primary N) is 1. The molecular weight excluding hydrogens is 268 g/mol. The van der Waals surface area contributed by atoms with E-state index in [1.54, 1.807) is 17.8 Å². The van der Waals surface area contributed by atoms with Crippen LogP contribution in [0.4, 0.5) is 5.69 Å². The predicted molar refractivity (Wildman–Crippen MR) is 69.0 cm³/mol. The van der Waals surface area contributed by atoms with Crippen LogP contribution < -0.4 is 10.5 Å². The van der Waals surface area contributed by atoms with Gasteiger partial charge in [-0.1, -0.05) is 0 Å². The van der Waals surface area contributed by atoms with E-state index in [-0.39, 0.29) is 16.6 Å². The zero-order valence-electron chi connectivity index (χ0n) is 10.1. The van der Waals surface area contributed by atoms with Crippen molar-refractivity contribution < 1.29 is 13.2 Å². The third kappa shape index (κ3) is 2.98. The summed E-state index contributed by atoms with van der Waals surface area (Å²) >= 11 is 0. The third-order valence-corrected chi connectivity index (χ3v) is 3.39. The van der Waals surface area contributed by atoms with E-state index in [9.17, 15) is 13.2 Å². The van der Waals surface area contributed by atoms with Gasteiger partial charge < -0.3 is 9.88 Å². The van der Waals surface area contributed by atoms with E-state index in [4.69, 9.17) is 5.14 Å². The number of rotatable bonds is 3. The van der Waals surface area contributed by atoms with E-state index >= 15 is 0 Å². The SMILES string of the molecule is Cn1ccnc1C(=O)Nc1ccc(S(N)(=O)=O)cc1. The molecule has 0 unspecified atom stereocenters. The molecule has 100 valence electrons. The van der Waals surface area contributed by atoms with Gasteiger partial charge in [-0.25, -0.2) is 18.5 Å². The minimum Gasteiger partial charge on any atom is -0.330 e. The summed E-state index contributed by atoms with van der Waals surface area (Å²) in [7, 11) is -2.03. The molecule has 3 N–H and O–H groups in total. The highest BCUT2D eigenvalue weighted by atomic mass is 32.2. The lowest BCUT2D eigenvalue weighted by molar-refractivity contribution is 0.101. The van der Waals surface area contributed by atoms with Crippen molar-refractivity contribution in [2.24, 2.45) is 12.2 Å². The lowest BCUT2D eigenvalue weighted by Gasteiger charge is -2.05. The standard InChI is InChI=1S/C11H12N4O3S/c1-15-7-6-13-10(15)11(16)14-8-2-4-9(5-3-8)19(12,17)18/h2-7H,1H3,(H,14,16)(H2,12,17,18). The topological polar surface area (TPSA) is 107 Å². The zero-order chi connectivity index (χ0) is 14.0. The zero-order valence-corrected chi connectivity index (χ0v) is 10.9. The van der Waals surface area contributed by atoms with E-state index in [0.717, 1.165) is 0 Å². The Morgan fingerprint density at radius 1 is 1.32 bits per heavy atom. The molecule has 0 aliphatic rings. The molecule has 0 atom stereocenters. The number of aryl methyl sites for hydroxylation is 1. The van der Waals surface area contributed by atoms with Crippen LogP contribution in [0.5, 0.6) is 0 Å². The molecule has 0 fully saturated rings. The number of primary sulfonamides is 1. The highest BCUT2D eigenvalue weighted by Crippen LogP contribution is 2.13. The van der Waals surface area contributed by atoms with E-state index < -0.39 is 10.0 Å². The first-order valence-corrected chi connectivity index (χ1v) is 6.84. The van der Waals surface area contributed by atoms with Gasteiger partial charge in [-0.2, -0.15) is 0 Å². The van der Waals surface area contributed by atoms with Crippen molar-refractivity contribution in [3.8, 4) is 0 Å². The van der Waals surface area contributed by atoms with E-state index in [1.165, 1.54) is 30.5 Å². The van der Waals surface area contributed by atoms with Crippen molar-refractivity contribution in [2.45, 2.75) is 4.90 Å². The molecule has 19 heavy (non-hydrogen) atoms. The van der Waals surface area contributed by atoms with E-state index in [1.807, 2.05) is 0 Å². The maximum absolute atomic E-state index is 11.8. The van der Waals surface area contributed by atoms with Gasteiger partial charge in [0.15, 0.2) is 5.82 Å². The van der Waals surface area contributed by atoms with Gasteiger partial charge in [0.1, 0.15) is 0 Å². The van der Waals surface area contributed by atoms with Crippen LogP contribution >= 0.6 is 0 Å². The highest BCUT2D eigenvalue weighted by molar-refractivity contribution is 7.89. The van der Waals surface area contributed by atoms with E-state index in [0.29, 0.717) is 5.69 Å². The number of nitrogens with zero attached hydrogens (tertiary/aromatic N) is 2. The average Bonchev–Trinajstić information content (AvgIpc) is 2.75. The van der Waals surface area contributed by atoms with Gasteiger partial charge in [0.2, 0.25) is 10.0 Å². The van der Waals surface area contributed by atoms with Crippen LogP contribution in [0.2, 0.25) is 0 Å². The first-order chi connectivity index (χ1) is 8.88. The van der Waals surface area contributed by atoms with Crippen molar-refractivity contribution in [3.05, 3.63) is 42.5 Å². The summed E-state index contributed by atoms with van der Waals surface area (Å²) in [5, 5.41) is 7.58. The molecule has 2 rings (SSSR count). The van der Waals surface area contributed by atoms with Crippen LogP contribution in [-0.4, -0.2) is 23.9 Å². The molecule has 8 heteroatoms. The number of aromatic nitrogens is 2. The minimum atomic E-state index is -3.73. The first-order valence-electron chi connectivity index (χ1n) is 5.29. The molecule has 1 aromatic carbocycles. The van der Waals surface area contributed by atoms with Crippen LogP contribution in [0.3, 0.4) is 0 Å². The maximum atomic E-state index is 11.8. The molecule has 0 saturated heterocycles. The summed E-state index contributed by atoms with van der Waals surface area (Å²) in [6.45, 7) is 0. The number of benzene rings is 1. The van der Waals surface area contributed by atoms with Gasteiger partial charge in [0.05, 0.1) is 4.90 Å². The second-order valence-corrected chi connectivity index (χ2v) is 5.45. The normalized spacial score (nSPS) is 11.3. The Morgan fingerprint density at radius 2 is 1.95 bits per heavy atom. The lowest BCUT2D eigenvalue weighted by atomic mass is 10.3. The predicted octanol–water partition coefficient (Wildman–Crippen LogP) is 0.320. The number of carbonyl (C=O) groups is 1. The van der Waals surface area contributed by atoms with Gasteiger partial charge in [-0.05, 0) is 24.3 Å². The summed E-state index contributed by atoms with van der Waals surface area (Å²) in [5.41, 5.74) is 0.459. The monoisotopic (exact) mass is 280 g/mol. The van der Waals surface area contributed by atoms with Crippen LogP contribution in [0.15, 0.2) is 41.6 Å². The first kappa shape index (κ1) is 13.2. The summed E-state index contributed by atoms with van der Waals surface area (Å²) in [6.07, 6.45) is 3.16. The molecule has 2 aromatic rings. The van der Waals surface area contributed by atoms with Gasteiger partial charge in [0, 0.05) is 25.1 Å². The van der Waals surface area contributed by atoms with Crippen molar-refractivity contribution in [1.29, 1.82) is 0 Å². The van der Waals surface area contributed by atoms with Crippen LogP contribution in [0, 0.1) is 0 Å². The molecule has 0 radical (unpaired) electrons. The second kappa shape index (κ2) is 4.82. The summed E-state index contributed by atoms with van der Waals surface area (Å²) in [6, 6.07) is 5.56. The van der Waals surface area contributed by atoms with Crippen molar-refractivity contribution in [3.63, 3.8) is 0 Å². The molecule has 0 aliphatic carbocycles. The number of sulfonamides is 1. The molecule has 0 bridgehead atoms. The molecule has 1 aromatic heterocycles. The maximum Gasteiger partial charge on any atom is 0.291 e. The lowest BCUT2D eigenvalue weighted by Crippen LogP contribution is -2.17. The van der Waals surface area contributed by atoms with Crippen molar-refractivity contribution >= 4 is 21.6 Å². The summed E-state index contributed by atoms with van der Waals surface area (Å²) in [5.74, 6) is -0.119. The number of nitrogens with one attached hydrogen (secondary N) is 1. The Bertz CT molecular complexity index is 704. The molecule has 0 saturated carbocycles. The number of hydrogen-bond acceptors (Lipinski definition) is 4. The number of hydrogen-bond donors (Lipinski definition) is 2. The molecule has 0 aliphatic heterocycles. The van der Waals surface area contributed by atoms with Crippen LogP contribution in [-0.2, 0) is 17.1 Å². The Labute approximate surface area is 110 Å². The van der Waals surface area contributed by atoms with Gasteiger partial charge in [-0.3, -0.25) is 4.79 Å². The fraction of sp³-hybridized carbons (Fsp3) is 0.0909. The number of carbonyl (C=O) groups excluding carboxylic acids is 1. The van der Waals surface area contributed by atoms with Crippen molar-refractivity contribution in [1.82, 2.24) is 9.55 Å². The smallest absolute Gasteiger partial charge is 0.291 e. The Kier molecular flexibility index (Phi) is 3.36. The van der Waals surface area contributed by atoms with Gasteiger partial charge in [0.25, 0.3) is 5.91 Å². The molecule has 7 nitrogen and oxygen atoms in total. The number of imidazole rings is 1. The van der Waals surface area contributed by atoms with Gasteiger partial charge in [-0.15, -0.1) is 0 Å².